The zero-order valence-electron chi connectivity index (χ0n) is 11.0. The fourth-order valence-electron chi connectivity index (χ4n) is 2.89. The number of hydrogen-bond donors (Lipinski definition) is 1. The summed E-state index contributed by atoms with van der Waals surface area (Å²) in [6.07, 6.45) is 3.75. The summed E-state index contributed by atoms with van der Waals surface area (Å²) in [5.74, 6) is 1.29. The second-order valence-corrected chi connectivity index (χ2v) is 6.03. The van der Waals surface area contributed by atoms with Crippen molar-refractivity contribution in [1.29, 1.82) is 0 Å². The molecular weight excluding hydrogens is 249 g/mol. The van der Waals surface area contributed by atoms with Crippen LogP contribution in [0.25, 0.3) is 0 Å². The van der Waals surface area contributed by atoms with Crippen LogP contribution in [-0.4, -0.2) is 6.04 Å². The Balaban J connectivity index is 1.93. The largest absolute Gasteiger partial charge is 0.310 e. The van der Waals surface area contributed by atoms with Gasteiger partial charge in [0.25, 0.3) is 0 Å². The van der Waals surface area contributed by atoms with Crippen LogP contribution in [-0.2, 0) is 6.54 Å². The Morgan fingerprint density at radius 1 is 1.33 bits per heavy atom. The fraction of sp³-hybridized carbons (Fsp3) is 0.600. The zero-order chi connectivity index (χ0) is 13.1. The Bertz CT molecular complexity index is 407. The number of benzene rings is 1. The van der Waals surface area contributed by atoms with Crippen molar-refractivity contribution in [3.05, 3.63) is 34.6 Å². The summed E-state index contributed by atoms with van der Waals surface area (Å²) in [5.41, 5.74) is 0.850. The highest BCUT2D eigenvalue weighted by Gasteiger charge is 2.24. The molecule has 0 saturated heterocycles. The first kappa shape index (κ1) is 13.8. The van der Waals surface area contributed by atoms with Gasteiger partial charge in [0.2, 0.25) is 0 Å². The van der Waals surface area contributed by atoms with Gasteiger partial charge in [-0.25, -0.2) is 4.39 Å². The van der Waals surface area contributed by atoms with Crippen LogP contribution in [0.4, 0.5) is 4.39 Å². The molecule has 0 amide bonds. The van der Waals surface area contributed by atoms with E-state index in [0.717, 1.165) is 11.5 Å². The lowest BCUT2D eigenvalue weighted by Crippen LogP contribution is -2.38. The molecule has 18 heavy (non-hydrogen) atoms. The SMILES string of the molecule is CC1CCC(NCc2cc(F)ccc2Cl)C(C)C1. The Labute approximate surface area is 114 Å². The van der Waals surface area contributed by atoms with E-state index in [4.69, 9.17) is 11.6 Å². The van der Waals surface area contributed by atoms with E-state index in [1.54, 1.807) is 6.07 Å². The van der Waals surface area contributed by atoms with Gasteiger partial charge < -0.3 is 5.32 Å². The molecule has 100 valence electrons. The third-order valence-corrected chi connectivity index (χ3v) is 4.36. The van der Waals surface area contributed by atoms with Gasteiger partial charge in [0.05, 0.1) is 0 Å². The van der Waals surface area contributed by atoms with Gasteiger partial charge in [0, 0.05) is 17.6 Å². The predicted molar refractivity (Wildman–Crippen MR) is 74.2 cm³/mol. The third kappa shape index (κ3) is 3.46. The summed E-state index contributed by atoms with van der Waals surface area (Å²) in [5, 5.41) is 4.16. The highest BCUT2D eigenvalue weighted by molar-refractivity contribution is 6.31. The second kappa shape index (κ2) is 6.03. The lowest BCUT2D eigenvalue weighted by atomic mass is 9.80. The van der Waals surface area contributed by atoms with Gasteiger partial charge >= 0.3 is 0 Å². The van der Waals surface area contributed by atoms with Crippen LogP contribution in [0.15, 0.2) is 18.2 Å². The molecule has 3 heteroatoms. The zero-order valence-corrected chi connectivity index (χ0v) is 11.8. The standard InChI is InChI=1S/C15H21ClFN/c1-10-3-6-15(11(2)7-10)18-9-12-8-13(17)4-5-14(12)16/h4-5,8,10-11,15,18H,3,6-7,9H2,1-2H3. The van der Waals surface area contributed by atoms with E-state index in [0.29, 0.717) is 23.5 Å². The van der Waals surface area contributed by atoms with E-state index in [2.05, 4.69) is 19.2 Å². The van der Waals surface area contributed by atoms with Crippen LogP contribution < -0.4 is 5.32 Å². The minimum Gasteiger partial charge on any atom is -0.310 e. The average molecular weight is 270 g/mol. The highest BCUT2D eigenvalue weighted by Crippen LogP contribution is 2.29. The first-order chi connectivity index (χ1) is 8.56. The fourth-order valence-corrected chi connectivity index (χ4v) is 3.07. The highest BCUT2D eigenvalue weighted by atomic mass is 35.5. The van der Waals surface area contributed by atoms with Crippen LogP contribution >= 0.6 is 11.6 Å². The Hall–Kier alpha value is -0.600. The molecule has 0 radical (unpaired) electrons. The van der Waals surface area contributed by atoms with Crippen molar-refractivity contribution < 1.29 is 4.39 Å². The Morgan fingerprint density at radius 3 is 2.83 bits per heavy atom. The molecule has 3 atom stereocenters. The van der Waals surface area contributed by atoms with E-state index < -0.39 is 0 Å². The molecule has 0 spiro atoms. The van der Waals surface area contributed by atoms with E-state index in [-0.39, 0.29) is 5.82 Å². The van der Waals surface area contributed by atoms with Crippen molar-refractivity contribution in [2.75, 3.05) is 0 Å². The number of hydrogen-bond acceptors (Lipinski definition) is 1. The summed E-state index contributed by atoms with van der Waals surface area (Å²) in [6.45, 7) is 5.26. The first-order valence-electron chi connectivity index (χ1n) is 6.73. The van der Waals surface area contributed by atoms with E-state index in [1.165, 1.54) is 31.4 Å². The van der Waals surface area contributed by atoms with Crippen molar-refractivity contribution in [1.82, 2.24) is 5.32 Å². The van der Waals surface area contributed by atoms with Gasteiger partial charge in [0.1, 0.15) is 5.82 Å². The van der Waals surface area contributed by atoms with Gasteiger partial charge in [0.15, 0.2) is 0 Å². The van der Waals surface area contributed by atoms with Crippen molar-refractivity contribution >= 4 is 11.6 Å². The summed E-state index contributed by atoms with van der Waals surface area (Å²) in [6, 6.07) is 5.07. The third-order valence-electron chi connectivity index (χ3n) is 3.99. The first-order valence-corrected chi connectivity index (χ1v) is 7.11. The molecule has 1 nitrogen and oxygen atoms in total. The molecule has 0 bridgehead atoms. The summed E-state index contributed by atoms with van der Waals surface area (Å²) in [4.78, 5) is 0. The van der Waals surface area contributed by atoms with Gasteiger partial charge in [-0.1, -0.05) is 25.4 Å². The summed E-state index contributed by atoms with van der Waals surface area (Å²) >= 11 is 6.07. The quantitative estimate of drug-likeness (QED) is 0.858. The Kier molecular flexibility index (Phi) is 4.63. The molecule has 0 aromatic heterocycles. The summed E-state index contributed by atoms with van der Waals surface area (Å²) < 4.78 is 13.2. The van der Waals surface area contributed by atoms with Crippen molar-refractivity contribution in [2.24, 2.45) is 11.8 Å². The molecule has 1 aromatic carbocycles. The molecule has 0 heterocycles. The second-order valence-electron chi connectivity index (χ2n) is 5.62. The summed E-state index contributed by atoms with van der Waals surface area (Å²) in [7, 11) is 0. The smallest absolute Gasteiger partial charge is 0.123 e. The molecule has 1 aliphatic rings. The maximum Gasteiger partial charge on any atom is 0.123 e. The van der Waals surface area contributed by atoms with Crippen LogP contribution in [0.5, 0.6) is 0 Å². The molecule has 1 aliphatic carbocycles. The molecule has 1 N–H and O–H groups in total. The maximum atomic E-state index is 13.2. The lowest BCUT2D eigenvalue weighted by Gasteiger charge is -2.33. The molecule has 1 aromatic rings. The molecule has 1 saturated carbocycles. The monoisotopic (exact) mass is 269 g/mol. The molecule has 2 rings (SSSR count). The van der Waals surface area contributed by atoms with E-state index in [1.807, 2.05) is 0 Å². The molecule has 1 fully saturated rings. The van der Waals surface area contributed by atoms with Gasteiger partial charge in [-0.2, -0.15) is 0 Å². The normalized spacial score (nSPS) is 28.3. The van der Waals surface area contributed by atoms with Gasteiger partial charge in [-0.15, -0.1) is 0 Å². The van der Waals surface area contributed by atoms with E-state index in [9.17, 15) is 4.39 Å². The minimum absolute atomic E-state index is 0.221. The average Bonchev–Trinajstić information content (AvgIpc) is 2.32. The van der Waals surface area contributed by atoms with Crippen molar-refractivity contribution in [2.45, 2.75) is 45.7 Å². The molecule has 3 unspecified atom stereocenters. The molecular formula is C15H21ClFN. The predicted octanol–water partition coefficient (Wildman–Crippen LogP) is 4.39. The van der Waals surface area contributed by atoms with Gasteiger partial charge in [-0.3, -0.25) is 0 Å². The van der Waals surface area contributed by atoms with E-state index >= 15 is 0 Å². The maximum absolute atomic E-state index is 13.2. The number of nitrogens with one attached hydrogen (secondary N) is 1. The van der Waals surface area contributed by atoms with Crippen molar-refractivity contribution in [3.63, 3.8) is 0 Å². The van der Waals surface area contributed by atoms with Crippen LogP contribution in [0.2, 0.25) is 5.02 Å². The van der Waals surface area contributed by atoms with Crippen molar-refractivity contribution in [3.8, 4) is 0 Å². The number of rotatable bonds is 3. The van der Waals surface area contributed by atoms with Gasteiger partial charge in [-0.05, 0) is 54.9 Å². The van der Waals surface area contributed by atoms with Crippen LogP contribution in [0.1, 0.15) is 38.7 Å². The Morgan fingerprint density at radius 2 is 2.11 bits per heavy atom. The number of halogens is 2. The minimum atomic E-state index is -0.221. The lowest BCUT2D eigenvalue weighted by molar-refractivity contribution is 0.227. The van der Waals surface area contributed by atoms with Crippen LogP contribution in [0.3, 0.4) is 0 Å². The van der Waals surface area contributed by atoms with Crippen LogP contribution in [0, 0.1) is 17.7 Å². The molecule has 0 aliphatic heterocycles. The topological polar surface area (TPSA) is 12.0 Å².